The molecule has 18 nitrogen and oxygen atoms in total. The second-order valence-corrected chi connectivity index (χ2v) is 19.5. The van der Waals surface area contributed by atoms with Gasteiger partial charge in [-0.25, -0.2) is 18.7 Å². The Morgan fingerprint density at radius 3 is 2.37 bits per heavy atom. The van der Waals surface area contributed by atoms with Gasteiger partial charge < -0.3 is 19.4 Å². The van der Waals surface area contributed by atoms with Crippen LogP contribution in [-0.2, 0) is 26.3 Å². The quantitative estimate of drug-likeness (QED) is 0.179. The van der Waals surface area contributed by atoms with Crippen LogP contribution in [0.15, 0.2) is 78.0 Å². The number of anilines is 3. The number of pyridine rings is 1. The summed E-state index contributed by atoms with van der Waals surface area (Å²) >= 11 is 0. The van der Waals surface area contributed by atoms with E-state index in [-0.39, 0.29) is 54.6 Å². The number of halogens is 2. The first-order chi connectivity index (χ1) is 32.8. The molecule has 0 aliphatic carbocycles. The Morgan fingerprint density at radius 2 is 1.65 bits per heavy atom. The van der Waals surface area contributed by atoms with Gasteiger partial charge in [0.05, 0.1) is 28.5 Å². The SMILES string of the molecule is N#Cc1c(NS(=O)(=O)N2CC[C@@H](F)C2)ccc(F)c1Oc1ccc2ncn(-c3ccc(N4CCN(CC5CCN(c6ccc7c(c6)CN(C6CCC(=O)NC6=O)C7=O)CC5)CC4)cn3)c(=O)c2c1. The zero-order valence-corrected chi connectivity index (χ0v) is 37.6. The van der Waals surface area contributed by atoms with Gasteiger partial charge in [-0.1, -0.05) is 0 Å². The van der Waals surface area contributed by atoms with Crippen molar-refractivity contribution in [1.29, 1.82) is 5.26 Å². The molecule has 5 aromatic rings. The first kappa shape index (κ1) is 44.8. The number of benzene rings is 3. The van der Waals surface area contributed by atoms with Crippen LogP contribution in [0.5, 0.6) is 11.5 Å². The molecule has 0 saturated carbocycles. The highest BCUT2D eigenvalue weighted by Gasteiger charge is 2.39. The molecule has 0 bridgehead atoms. The highest BCUT2D eigenvalue weighted by Crippen LogP contribution is 2.36. The molecule has 10 rings (SSSR count). The number of hydrogen-bond acceptors (Lipinski definition) is 13. The molecular weight excluding hydrogens is 901 g/mol. The molecule has 2 N–H and O–H groups in total. The molecule has 68 heavy (non-hydrogen) atoms. The van der Waals surface area contributed by atoms with Gasteiger partial charge in [-0.15, -0.1) is 0 Å². The van der Waals surface area contributed by atoms with Gasteiger partial charge in [0.1, 0.15) is 41.7 Å². The average Bonchev–Trinajstić information content (AvgIpc) is 3.93. The number of rotatable bonds is 11. The molecular formula is C47H47F2N11O7S. The number of alkyl halides is 1. The van der Waals surface area contributed by atoms with Gasteiger partial charge >= 0.3 is 10.2 Å². The predicted octanol–water partition coefficient (Wildman–Crippen LogP) is 4.08. The van der Waals surface area contributed by atoms with Crippen molar-refractivity contribution in [2.24, 2.45) is 5.92 Å². The van der Waals surface area contributed by atoms with E-state index < -0.39 is 51.0 Å². The Hall–Kier alpha value is -7.02. The number of piperidine rings is 2. The largest absolute Gasteiger partial charge is 0.453 e. The third-order valence-electron chi connectivity index (χ3n) is 13.6. The highest BCUT2D eigenvalue weighted by atomic mass is 32.2. The number of fused-ring (bicyclic) bond motifs is 2. The van der Waals surface area contributed by atoms with Crippen molar-refractivity contribution in [3.8, 4) is 23.4 Å². The predicted molar refractivity (Wildman–Crippen MR) is 246 cm³/mol. The summed E-state index contributed by atoms with van der Waals surface area (Å²) in [6.07, 6.45) is 4.48. The van der Waals surface area contributed by atoms with Gasteiger partial charge in [0.2, 0.25) is 11.8 Å². The van der Waals surface area contributed by atoms with Gasteiger partial charge in [0, 0.05) is 83.1 Å². The monoisotopic (exact) mass is 947 g/mol. The van der Waals surface area contributed by atoms with Crippen LogP contribution in [0, 0.1) is 23.1 Å². The minimum absolute atomic E-state index is 0.00491. The van der Waals surface area contributed by atoms with Gasteiger partial charge in [-0.3, -0.25) is 38.7 Å². The molecule has 3 aromatic carbocycles. The summed E-state index contributed by atoms with van der Waals surface area (Å²) in [5.41, 5.74) is 2.69. The summed E-state index contributed by atoms with van der Waals surface area (Å²) in [5.74, 6) is -1.50. The molecule has 5 aliphatic heterocycles. The molecule has 2 atom stereocenters. The number of nitrogens with zero attached hydrogens (tertiary/aromatic N) is 9. The van der Waals surface area contributed by atoms with E-state index in [9.17, 15) is 37.2 Å². The maximum Gasteiger partial charge on any atom is 0.301 e. The van der Waals surface area contributed by atoms with E-state index in [1.807, 2.05) is 18.2 Å². The van der Waals surface area contributed by atoms with Gasteiger partial charge in [0.25, 0.3) is 11.5 Å². The molecule has 7 heterocycles. The number of piperazine rings is 1. The Labute approximate surface area is 389 Å². The van der Waals surface area contributed by atoms with Crippen molar-refractivity contribution in [1.82, 2.24) is 34.0 Å². The van der Waals surface area contributed by atoms with Crippen LogP contribution >= 0.6 is 0 Å². The Balaban J connectivity index is 0.733. The molecule has 352 valence electrons. The number of ether oxygens (including phenoxy) is 1. The Kier molecular flexibility index (Phi) is 12.0. The topological polar surface area (TPSA) is 206 Å². The zero-order chi connectivity index (χ0) is 47.3. The summed E-state index contributed by atoms with van der Waals surface area (Å²) in [7, 11) is -4.25. The standard InChI is InChI=1S/C47H47F2N11O7S/c48-31-13-16-58(27-31)68(65,66)54-40-7-5-38(49)44(37(40)23-50)67-34-3-6-39-36(22-34)47(64)60(28-52-39)42-9-2-33(24-51-42)57-19-17-55(18-20-57)25-29-11-14-56(15-12-29)32-1-4-35-30(21-32)26-59(46(35)63)41-8-10-43(61)53-45(41)62/h1-7,9,21-22,24,28-29,31,41,54H,8,10-20,25-27H2,(H,53,61,62)/t31-,41?/m1/s1. The first-order valence-electron chi connectivity index (χ1n) is 22.6. The minimum Gasteiger partial charge on any atom is -0.453 e. The maximum atomic E-state index is 15.2. The van der Waals surface area contributed by atoms with Crippen LogP contribution in [-0.4, -0.2) is 126 Å². The van der Waals surface area contributed by atoms with E-state index in [1.165, 1.54) is 29.1 Å². The second kappa shape index (κ2) is 18.2. The number of carbonyl (C=O) groups is 3. The molecule has 1 unspecified atom stereocenters. The summed E-state index contributed by atoms with van der Waals surface area (Å²) in [6.45, 7) is 6.21. The molecule has 2 aromatic heterocycles. The number of imide groups is 1. The Bertz CT molecular complexity index is 3040. The van der Waals surface area contributed by atoms with E-state index >= 15 is 4.39 Å². The maximum absolute atomic E-state index is 15.2. The lowest BCUT2D eigenvalue weighted by Crippen LogP contribution is -2.52. The number of aromatic nitrogens is 3. The van der Waals surface area contributed by atoms with Crippen LogP contribution in [0.25, 0.3) is 16.7 Å². The fourth-order valence-corrected chi connectivity index (χ4v) is 11.1. The van der Waals surface area contributed by atoms with Gasteiger partial charge in [-0.2, -0.15) is 18.0 Å². The lowest BCUT2D eigenvalue weighted by molar-refractivity contribution is -0.136. The smallest absolute Gasteiger partial charge is 0.301 e. The van der Waals surface area contributed by atoms with E-state index in [0.717, 1.165) is 92.0 Å². The summed E-state index contributed by atoms with van der Waals surface area (Å²) < 4.78 is 65.0. The van der Waals surface area contributed by atoms with Crippen molar-refractivity contribution in [2.75, 3.05) is 73.4 Å². The number of amides is 3. The highest BCUT2D eigenvalue weighted by molar-refractivity contribution is 7.90. The molecule has 4 fully saturated rings. The van der Waals surface area contributed by atoms with E-state index in [4.69, 9.17) is 4.74 Å². The number of hydrogen-bond donors (Lipinski definition) is 2. The van der Waals surface area contributed by atoms with Crippen molar-refractivity contribution < 1.29 is 36.3 Å². The zero-order valence-electron chi connectivity index (χ0n) is 36.8. The third-order valence-corrected chi connectivity index (χ3v) is 15.1. The van der Waals surface area contributed by atoms with E-state index in [2.05, 4.69) is 40.8 Å². The number of nitrogens with one attached hydrogen (secondary N) is 2. The molecule has 21 heteroatoms. The number of carbonyl (C=O) groups excluding carboxylic acids is 3. The summed E-state index contributed by atoms with van der Waals surface area (Å²) in [5, 5.41) is 12.4. The number of nitriles is 1. The average molecular weight is 948 g/mol. The third kappa shape index (κ3) is 8.81. The summed E-state index contributed by atoms with van der Waals surface area (Å²) in [4.78, 5) is 68.9. The van der Waals surface area contributed by atoms with Crippen LogP contribution in [0.2, 0.25) is 0 Å². The van der Waals surface area contributed by atoms with Crippen LogP contribution in [0.4, 0.5) is 25.8 Å². The van der Waals surface area contributed by atoms with Crippen LogP contribution in [0.1, 0.15) is 53.6 Å². The van der Waals surface area contributed by atoms with Crippen molar-refractivity contribution in [3.05, 3.63) is 106 Å². The normalized spacial score (nSPS) is 20.7. The fraction of sp³-hybridized carbons (Fsp3) is 0.383. The van der Waals surface area contributed by atoms with Gasteiger partial charge in [-0.05, 0) is 97.8 Å². The van der Waals surface area contributed by atoms with Crippen molar-refractivity contribution in [2.45, 2.75) is 50.9 Å². The Morgan fingerprint density at radius 1 is 0.868 bits per heavy atom. The van der Waals surface area contributed by atoms with Gasteiger partial charge in [0.15, 0.2) is 11.6 Å². The second-order valence-electron chi connectivity index (χ2n) is 17.8. The summed E-state index contributed by atoms with van der Waals surface area (Å²) in [6, 6.07) is 17.1. The molecule has 5 aliphatic rings. The van der Waals surface area contributed by atoms with Crippen LogP contribution < -0.4 is 30.1 Å². The first-order valence-corrected chi connectivity index (χ1v) is 24.1. The van der Waals surface area contributed by atoms with E-state index in [0.29, 0.717) is 35.8 Å². The lowest BCUT2D eigenvalue weighted by Gasteiger charge is -2.40. The minimum atomic E-state index is -4.25. The molecule has 4 saturated heterocycles. The molecule has 0 spiro atoms. The van der Waals surface area contributed by atoms with Crippen molar-refractivity contribution >= 4 is 55.9 Å². The molecule has 3 amide bonds. The lowest BCUT2D eigenvalue weighted by atomic mass is 9.95. The fourth-order valence-electron chi connectivity index (χ4n) is 9.80. The van der Waals surface area contributed by atoms with E-state index in [1.54, 1.807) is 23.2 Å². The molecule has 0 radical (unpaired) electrons. The van der Waals surface area contributed by atoms with Crippen LogP contribution in [0.3, 0.4) is 0 Å². The van der Waals surface area contributed by atoms with Crippen molar-refractivity contribution in [3.63, 3.8) is 0 Å².